The number of carbonyl (C=O) groups is 1. The zero-order chi connectivity index (χ0) is 27.0. The Morgan fingerprint density at radius 1 is 1.38 bits per heavy atom. The number of phenols is 1. The number of nitrogens with zero attached hydrogens (tertiary/aromatic N) is 3. The summed E-state index contributed by atoms with van der Waals surface area (Å²) in [4.78, 5) is 42.3. The Bertz CT molecular complexity index is 1660. The van der Waals surface area contributed by atoms with Crippen LogP contribution in [0.1, 0.15) is 31.0 Å². The third-order valence-electron chi connectivity index (χ3n) is 5.57. The first-order chi connectivity index (χ1) is 17.6. The minimum absolute atomic E-state index is 0.150. The van der Waals surface area contributed by atoms with Gasteiger partial charge in [0.25, 0.3) is 5.56 Å². The van der Waals surface area contributed by atoms with Crippen LogP contribution in [0.15, 0.2) is 55.9 Å². The number of esters is 1. The molecule has 0 amide bonds. The zero-order valence-electron chi connectivity index (χ0n) is 19.7. The summed E-state index contributed by atoms with van der Waals surface area (Å²) in [5, 5.41) is 21.4. The summed E-state index contributed by atoms with van der Waals surface area (Å²) in [6, 6.07) is 7.16. The quantitative estimate of drug-likeness (QED) is 0.179. The highest BCUT2D eigenvalue weighted by atomic mass is 127. The number of aromatic hydroxyl groups is 1. The molecule has 0 spiro atoms. The van der Waals surface area contributed by atoms with Gasteiger partial charge in [-0.15, -0.1) is 0 Å². The second-order valence-corrected chi connectivity index (χ2v) is 10.8. The fraction of sp³-hybridized carbons (Fsp3) is 0.208. The summed E-state index contributed by atoms with van der Waals surface area (Å²) in [6.45, 7) is 3.53. The van der Waals surface area contributed by atoms with E-state index in [0.717, 1.165) is 11.3 Å². The SMILES string of the molecule is CCOC(=O)C1=C(C)N=c2s/c(=C/c3cc(I)c(O)c([N+](=O)[O-])c3)c(=O)n2[C@@H]1c1ccc(OC)c(Br)c1. The standard InChI is InChI=1S/C24H19BrIN3O7S/c1-4-36-23(32)19-11(2)27-24-28(20(19)13-5-6-17(35-3)14(25)10-13)22(31)18(37-24)9-12-7-15(26)21(30)16(8-12)29(33)34/h5-10,20,30H,4H2,1-3H3/b18-9+/t20-/m1/s1. The third kappa shape index (κ3) is 5.07. The zero-order valence-corrected chi connectivity index (χ0v) is 24.2. The first-order valence-electron chi connectivity index (χ1n) is 10.8. The smallest absolute Gasteiger partial charge is 0.338 e. The van der Waals surface area contributed by atoms with Crippen molar-refractivity contribution in [3.05, 3.63) is 90.6 Å². The van der Waals surface area contributed by atoms with Crippen LogP contribution < -0.4 is 19.6 Å². The highest BCUT2D eigenvalue weighted by Gasteiger charge is 2.33. The van der Waals surface area contributed by atoms with Crippen LogP contribution in [0.2, 0.25) is 0 Å². The van der Waals surface area contributed by atoms with E-state index in [-0.39, 0.29) is 20.3 Å². The van der Waals surface area contributed by atoms with Crippen molar-refractivity contribution in [3.63, 3.8) is 0 Å². The number of phenolic OH excluding ortho intramolecular Hbond substituents is 1. The first-order valence-corrected chi connectivity index (χ1v) is 13.5. The number of aromatic nitrogens is 1. The molecule has 0 unspecified atom stereocenters. The van der Waals surface area contributed by atoms with Gasteiger partial charge in [-0.2, -0.15) is 0 Å². The number of hydrogen-bond donors (Lipinski definition) is 1. The van der Waals surface area contributed by atoms with Crippen molar-refractivity contribution in [2.24, 2.45) is 4.99 Å². The molecule has 192 valence electrons. The summed E-state index contributed by atoms with van der Waals surface area (Å²) in [5.41, 5.74) is 0.746. The van der Waals surface area contributed by atoms with Crippen molar-refractivity contribution >= 4 is 67.6 Å². The van der Waals surface area contributed by atoms with Crippen LogP contribution in [-0.4, -0.2) is 34.3 Å². The van der Waals surface area contributed by atoms with Crippen molar-refractivity contribution in [2.75, 3.05) is 13.7 Å². The number of nitro groups is 1. The second-order valence-electron chi connectivity index (χ2n) is 7.82. The summed E-state index contributed by atoms with van der Waals surface area (Å²) in [5.74, 6) is -0.444. The minimum Gasteiger partial charge on any atom is -0.501 e. The van der Waals surface area contributed by atoms with E-state index < -0.39 is 33.9 Å². The minimum atomic E-state index is -0.825. The molecule has 3 aromatic rings. The van der Waals surface area contributed by atoms with Crippen LogP contribution in [-0.2, 0) is 9.53 Å². The topological polar surface area (TPSA) is 133 Å². The normalized spacial score (nSPS) is 15.3. The number of benzene rings is 2. The Balaban J connectivity index is 1.97. The number of halogens is 2. The van der Waals surface area contributed by atoms with E-state index in [4.69, 9.17) is 9.47 Å². The van der Waals surface area contributed by atoms with E-state index in [1.807, 2.05) is 0 Å². The average molecular weight is 700 g/mol. The molecule has 4 rings (SSSR count). The van der Waals surface area contributed by atoms with Gasteiger partial charge in [0.2, 0.25) is 5.75 Å². The predicted octanol–water partition coefficient (Wildman–Crippen LogP) is 3.79. The van der Waals surface area contributed by atoms with E-state index in [1.54, 1.807) is 54.6 Å². The molecule has 37 heavy (non-hydrogen) atoms. The van der Waals surface area contributed by atoms with E-state index in [1.165, 1.54) is 29.9 Å². The number of allylic oxidation sites excluding steroid dienone is 1. The molecule has 1 N–H and O–H groups in total. The molecular weight excluding hydrogens is 681 g/mol. The van der Waals surface area contributed by atoms with Gasteiger partial charge in [0.15, 0.2) is 4.80 Å². The maximum Gasteiger partial charge on any atom is 0.338 e. The van der Waals surface area contributed by atoms with Crippen LogP contribution in [0.4, 0.5) is 5.69 Å². The van der Waals surface area contributed by atoms with Crippen molar-refractivity contribution in [1.29, 1.82) is 0 Å². The van der Waals surface area contributed by atoms with Crippen LogP contribution >= 0.6 is 49.9 Å². The first kappa shape index (κ1) is 27.0. The van der Waals surface area contributed by atoms with Gasteiger partial charge in [-0.25, -0.2) is 9.79 Å². The molecule has 0 saturated carbocycles. The molecule has 1 atom stereocenters. The molecule has 10 nitrogen and oxygen atoms in total. The van der Waals surface area contributed by atoms with Gasteiger partial charge in [0, 0.05) is 6.07 Å². The maximum absolute atomic E-state index is 13.7. The molecule has 2 heterocycles. The lowest BCUT2D eigenvalue weighted by molar-refractivity contribution is -0.386. The van der Waals surface area contributed by atoms with Crippen molar-refractivity contribution < 1.29 is 24.3 Å². The highest BCUT2D eigenvalue weighted by Crippen LogP contribution is 2.35. The molecule has 0 saturated heterocycles. The third-order valence-corrected chi connectivity index (χ3v) is 7.99. The highest BCUT2D eigenvalue weighted by molar-refractivity contribution is 14.1. The Labute approximate surface area is 236 Å². The maximum atomic E-state index is 13.7. The van der Waals surface area contributed by atoms with Crippen molar-refractivity contribution in [3.8, 4) is 11.5 Å². The van der Waals surface area contributed by atoms with E-state index in [9.17, 15) is 24.8 Å². The number of rotatable bonds is 6. The predicted molar refractivity (Wildman–Crippen MR) is 149 cm³/mol. The second kappa shape index (κ2) is 10.8. The number of methoxy groups -OCH3 is 1. The molecule has 1 aliphatic rings. The number of thiazole rings is 1. The Hall–Kier alpha value is -3.04. The van der Waals surface area contributed by atoms with Crippen LogP contribution in [0.25, 0.3) is 6.08 Å². The molecule has 13 heteroatoms. The Morgan fingerprint density at radius 3 is 2.73 bits per heavy atom. The molecule has 1 aliphatic heterocycles. The molecule has 2 aromatic carbocycles. The van der Waals surface area contributed by atoms with E-state index >= 15 is 0 Å². The molecule has 0 fully saturated rings. The van der Waals surface area contributed by atoms with Crippen LogP contribution in [0.5, 0.6) is 11.5 Å². The summed E-state index contributed by atoms with van der Waals surface area (Å²) < 4.78 is 13.2. The molecular formula is C24H19BrIN3O7S. The van der Waals surface area contributed by atoms with E-state index in [0.29, 0.717) is 31.8 Å². The Kier molecular flexibility index (Phi) is 7.85. The average Bonchev–Trinajstić information content (AvgIpc) is 3.14. The molecule has 1 aromatic heterocycles. The van der Waals surface area contributed by atoms with Crippen LogP contribution in [0, 0.1) is 13.7 Å². The van der Waals surface area contributed by atoms with Crippen LogP contribution in [0.3, 0.4) is 0 Å². The fourth-order valence-corrected chi connectivity index (χ4v) is 6.18. The van der Waals surface area contributed by atoms with Gasteiger partial charge in [0.05, 0.1) is 48.5 Å². The van der Waals surface area contributed by atoms with Gasteiger partial charge < -0.3 is 14.6 Å². The fourth-order valence-electron chi connectivity index (χ4n) is 3.94. The largest absolute Gasteiger partial charge is 0.501 e. The summed E-state index contributed by atoms with van der Waals surface area (Å²) >= 11 is 6.35. The van der Waals surface area contributed by atoms with Gasteiger partial charge in [-0.1, -0.05) is 17.4 Å². The number of fused-ring (bicyclic) bond motifs is 1. The summed E-state index contributed by atoms with van der Waals surface area (Å²) in [6.07, 6.45) is 1.50. The molecule has 0 bridgehead atoms. The number of hydrogen-bond acceptors (Lipinski definition) is 9. The molecule has 0 aliphatic carbocycles. The van der Waals surface area contributed by atoms with E-state index in [2.05, 4.69) is 20.9 Å². The molecule has 0 radical (unpaired) electrons. The number of nitro benzene ring substituents is 1. The number of ether oxygens (including phenoxy) is 2. The monoisotopic (exact) mass is 699 g/mol. The van der Waals surface area contributed by atoms with Gasteiger partial charge in [-0.05, 0) is 87.8 Å². The van der Waals surface area contributed by atoms with Crippen molar-refractivity contribution in [1.82, 2.24) is 4.57 Å². The Morgan fingerprint density at radius 2 is 2.11 bits per heavy atom. The lowest BCUT2D eigenvalue weighted by atomic mass is 9.96. The summed E-state index contributed by atoms with van der Waals surface area (Å²) in [7, 11) is 1.53. The lowest BCUT2D eigenvalue weighted by Crippen LogP contribution is -2.40. The van der Waals surface area contributed by atoms with Gasteiger partial charge in [-0.3, -0.25) is 19.5 Å². The number of carbonyl (C=O) groups excluding carboxylic acids is 1. The lowest BCUT2D eigenvalue weighted by Gasteiger charge is -2.25. The van der Waals surface area contributed by atoms with Crippen molar-refractivity contribution in [2.45, 2.75) is 19.9 Å². The van der Waals surface area contributed by atoms with Gasteiger partial charge in [0.1, 0.15) is 5.75 Å². The van der Waals surface area contributed by atoms with Gasteiger partial charge >= 0.3 is 11.7 Å².